The minimum absolute atomic E-state index is 0.526. The fourth-order valence-corrected chi connectivity index (χ4v) is 2.36. The lowest BCUT2D eigenvalue weighted by molar-refractivity contribution is 0.218. The average molecular weight is 267 g/mol. The number of aromatic nitrogens is 1. The second kappa shape index (κ2) is 6.43. The van der Waals surface area contributed by atoms with Crippen molar-refractivity contribution in [1.29, 1.82) is 0 Å². The van der Waals surface area contributed by atoms with Crippen LogP contribution in [0.1, 0.15) is 0 Å². The summed E-state index contributed by atoms with van der Waals surface area (Å²) < 4.78 is 4.95. The maximum absolute atomic E-state index is 6.00. The van der Waals surface area contributed by atoms with Gasteiger partial charge in [-0.1, -0.05) is 23.2 Å². The standard InChI is InChI=1S/C9H12Cl2N2OS/c1-12-8-6(10)5-7(11)9(13-8)15-4-3-14-2/h5H,3-4H2,1-2H3,(H,12,13). The SMILES string of the molecule is CNc1nc(SCCOC)c(Cl)cc1Cl. The summed E-state index contributed by atoms with van der Waals surface area (Å²) in [5.74, 6) is 1.45. The molecule has 0 saturated heterocycles. The molecule has 1 aromatic heterocycles. The minimum atomic E-state index is 0.526. The van der Waals surface area contributed by atoms with Crippen LogP contribution < -0.4 is 5.32 Å². The molecule has 0 aliphatic rings. The zero-order valence-electron chi connectivity index (χ0n) is 8.51. The van der Waals surface area contributed by atoms with Crippen LogP contribution in [0, 0.1) is 0 Å². The maximum atomic E-state index is 6.00. The Bertz CT molecular complexity index is 336. The van der Waals surface area contributed by atoms with Gasteiger partial charge in [0, 0.05) is 19.9 Å². The molecule has 1 heterocycles. The van der Waals surface area contributed by atoms with E-state index in [1.54, 1.807) is 32.0 Å². The summed E-state index contributed by atoms with van der Waals surface area (Å²) in [5, 5.41) is 4.77. The van der Waals surface area contributed by atoms with Crippen molar-refractivity contribution in [3.63, 3.8) is 0 Å². The van der Waals surface area contributed by atoms with Gasteiger partial charge in [0.25, 0.3) is 0 Å². The molecule has 0 fully saturated rings. The van der Waals surface area contributed by atoms with E-state index in [1.165, 1.54) is 0 Å². The van der Waals surface area contributed by atoms with Crippen LogP contribution in [0.15, 0.2) is 11.1 Å². The first kappa shape index (κ1) is 12.9. The van der Waals surface area contributed by atoms with Crippen molar-refractivity contribution in [2.75, 3.05) is 31.8 Å². The number of rotatable bonds is 5. The summed E-state index contributed by atoms with van der Waals surface area (Å²) in [5.41, 5.74) is 0. The van der Waals surface area contributed by atoms with Crippen molar-refractivity contribution in [1.82, 2.24) is 4.98 Å². The number of ether oxygens (including phenoxy) is 1. The van der Waals surface area contributed by atoms with Crippen molar-refractivity contribution < 1.29 is 4.74 Å². The smallest absolute Gasteiger partial charge is 0.145 e. The summed E-state index contributed by atoms with van der Waals surface area (Å²) >= 11 is 13.5. The van der Waals surface area contributed by atoms with E-state index in [1.807, 2.05) is 0 Å². The highest BCUT2D eigenvalue weighted by Gasteiger charge is 2.08. The molecule has 0 aromatic carbocycles. The van der Waals surface area contributed by atoms with Crippen LogP contribution >= 0.6 is 35.0 Å². The van der Waals surface area contributed by atoms with E-state index in [9.17, 15) is 0 Å². The van der Waals surface area contributed by atoms with Crippen molar-refractivity contribution in [3.05, 3.63) is 16.1 Å². The Morgan fingerprint density at radius 1 is 1.47 bits per heavy atom. The van der Waals surface area contributed by atoms with Gasteiger partial charge in [0.15, 0.2) is 0 Å². The fourth-order valence-electron chi connectivity index (χ4n) is 0.948. The molecule has 84 valence electrons. The molecule has 0 amide bonds. The van der Waals surface area contributed by atoms with Gasteiger partial charge in [-0.2, -0.15) is 0 Å². The van der Waals surface area contributed by atoms with Crippen LogP contribution in [-0.4, -0.2) is 31.5 Å². The highest BCUT2D eigenvalue weighted by Crippen LogP contribution is 2.31. The predicted molar refractivity (Wildman–Crippen MR) is 66.4 cm³/mol. The monoisotopic (exact) mass is 266 g/mol. The topological polar surface area (TPSA) is 34.2 Å². The summed E-state index contributed by atoms with van der Waals surface area (Å²) in [4.78, 5) is 4.29. The quantitative estimate of drug-likeness (QED) is 0.656. The number of halogens is 2. The average Bonchev–Trinajstić information content (AvgIpc) is 2.21. The summed E-state index contributed by atoms with van der Waals surface area (Å²) in [6, 6.07) is 1.69. The number of pyridine rings is 1. The van der Waals surface area contributed by atoms with Crippen LogP contribution in [0.3, 0.4) is 0 Å². The zero-order valence-corrected chi connectivity index (χ0v) is 10.8. The largest absolute Gasteiger partial charge is 0.384 e. The molecule has 1 rings (SSSR count). The van der Waals surface area contributed by atoms with E-state index in [4.69, 9.17) is 27.9 Å². The Kier molecular flexibility index (Phi) is 5.53. The molecule has 1 aromatic rings. The van der Waals surface area contributed by atoms with Crippen LogP contribution in [0.4, 0.5) is 5.82 Å². The zero-order chi connectivity index (χ0) is 11.3. The molecule has 0 radical (unpaired) electrons. The lowest BCUT2D eigenvalue weighted by Crippen LogP contribution is -1.97. The molecule has 0 unspecified atom stereocenters. The number of anilines is 1. The Labute approximate surface area is 104 Å². The van der Waals surface area contributed by atoms with Crippen molar-refractivity contribution in [3.8, 4) is 0 Å². The third-order valence-electron chi connectivity index (χ3n) is 1.66. The van der Waals surface area contributed by atoms with Gasteiger partial charge < -0.3 is 10.1 Å². The molecular formula is C9H12Cl2N2OS. The van der Waals surface area contributed by atoms with Gasteiger partial charge in [0.2, 0.25) is 0 Å². The summed E-state index contributed by atoms with van der Waals surface area (Å²) in [6.07, 6.45) is 0. The lowest BCUT2D eigenvalue weighted by Gasteiger charge is -2.07. The Morgan fingerprint density at radius 2 is 2.20 bits per heavy atom. The molecule has 6 heteroatoms. The summed E-state index contributed by atoms with van der Waals surface area (Å²) in [6.45, 7) is 0.667. The minimum Gasteiger partial charge on any atom is -0.384 e. The van der Waals surface area contributed by atoms with Crippen molar-refractivity contribution in [2.24, 2.45) is 0 Å². The van der Waals surface area contributed by atoms with Crippen LogP contribution in [0.25, 0.3) is 0 Å². The van der Waals surface area contributed by atoms with Gasteiger partial charge >= 0.3 is 0 Å². The van der Waals surface area contributed by atoms with Gasteiger partial charge in [-0.15, -0.1) is 11.8 Å². The van der Waals surface area contributed by atoms with Crippen LogP contribution in [-0.2, 0) is 4.74 Å². The number of nitrogens with zero attached hydrogens (tertiary/aromatic N) is 1. The molecular weight excluding hydrogens is 255 g/mol. The molecule has 0 saturated carbocycles. The molecule has 1 N–H and O–H groups in total. The molecule has 0 bridgehead atoms. The first-order chi connectivity index (χ1) is 7.19. The molecule has 0 aliphatic carbocycles. The van der Waals surface area contributed by atoms with E-state index in [0.717, 1.165) is 10.8 Å². The number of nitrogens with one attached hydrogen (secondary N) is 1. The predicted octanol–water partition coefficient (Wildman–Crippen LogP) is 3.17. The number of hydrogen-bond donors (Lipinski definition) is 1. The molecule has 0 spiro atoms. The fraction of sp³-hybridized carbons (Fsp3) is 0.444. The summed E-state index contributed by atoms with van der Waals surface area (Å²) in [7, 11) is 3.43. The second-order valence-corrected chi connectivity index (χ2v) is 4.60. The number of thioether (sulfide) groups is 1. The van der Waals surface area contributed by atoms with E-state index in [0.29, 0.717) is 22.5 Å². The molecule has 0 atom stereocenters. The van der Waals surface area contributed by atoms with Gasteiger partial charge in [0.05, 0.1) is 16.7 Å². The molecule has 0 aliphatic heterocycles. The van der Waals surface area contributed by atoms with Crippen molar-refractivity contribution in [2.45, 2.75) is 5.03 Å². The first-order valence-corrected chi connectivity index (χ1v) is 6.08. The van der Waals surface area contributed by atoms with E-state index in [-0.39, 0.29) is 0 Å². The Balaban J connectivity index is 2.78. The van der Waals surface area contributed by atoms with E-state index < -0.39 is 0 Å². The number of methoxy groups -OCH3 is 1. The Hall–Kier alpha value is -0.160. The maximum Gasteiger partial charge on any atom is 0.145 e. The van der Waals surface area contributed by atoms with Gasteiger partial charge in [-0.05, 0) is 6.07 Å². The van der Waals surface area contributed by atoms with Crippen LogP contribution in [0.5, 0.6) is 0 Å². The van der Waals surface area contributed by atoms with Gasteiger partial charge in [-0.3, -0.25) is 0 Å². The molecule has 15 heavy (non-hydrogen) atoms. The first-order valence-electron chi connectivity index (χ1n) is 4.34. The highest BCUT2D eigenvalue weighted by molar-refractivity contribution is 7.99. The van der Waals surface area contributed by atoms with Gasteiger partial charge in [-0.25, -0.2) is 4.98 Å². The third kappa shape index (κ3) is 3.72. The van der Waals surface area contributed by atoms with Crippen LogP contribution in [0.2, 0.25) is 10.0 Å². The third-order valence-corrected chi connectivity index (χ3v) is 3.30. The van der Waals surface area contributed by atoms with E-state index >= 15 is 0 Å². The number of hydrogen-bond acceptors (Lipinski definition) is 4. The lowest BCUT2D eigenvalue weighted by atomic mass is 10.4. The highest BCUT2D eigenvalue weighted by atomic mass is 35.5. The normalized spacial score (nSPS) is 10.4. The van der Waals surface area contributed by atoms with Crippen molar-refractivity contribution >= 4 is 40.8 Å². The van der Waals surface area contributed by atoms with Gasteiger partial charge in [0.1, 0.15) is 10.8 Å². The second-order valence-electron chi connectivity index (χ2n) is 2.70. The van der Waals surface area contributed by atoms with E-state index in [2.05, 4.69) is 10.3 Å². The Morgan fingerprint density at radius 3 is 2.80 bits per heavy atom. The molecule has 3 nitrogen and oxygen atoms in total.